The number of nitrogens with one attached hydrogen (secondary N) is 1. The molecule has 2 rings (SSSR count). The first kappa shape index (κ1) is 12.4. The van der Waals surface area contributed by atoms with Gasteiger partial charge in [0.15, 0.2) is 0 Å². The molecule has 1 aliphatic carbocycles. The van der Waals surface area contributed by atoms with Gasteiger partial charge >= 0.3 is 0 Å². The van der Waals surface area contributed by atoms with Crippen LogP contribution in [0, 0.1) is 5.92 Å². The minimum atomic E-state index is 0.330. The number of hydrogen-bond donors (Lipinski definition) is 1. The maximum atomic E-state index is 5.44. The van der Waals surface area contributed by atoms with Crippen LogP contribution in [0.2, 0.25) is 0 Å². The van der Waals surface area contributed by atoms with Crippen molar-refractivity contribution in [1.29, 1.82) is 0 Å². The van der Waals surface area contributed by atoms with E-state index in [1.807, 2.05) is 0 Å². The Hall–Kier alpha value is -0.0800. The molecular formula is C14H27NO. The average Bonchev–Trinajstić information content (AvgIpc) is 2.70. The van der Waals surface area contributed by atoms with E-state index in [1.54, 1.807) is 0 Å². The topological polar surface area (TPSA) is 21.3 Å². The zero-order valence-corrected chi connectivity index (χ0v) is 10.9. The van der Waals surface area contributed by atoms with Gasteiger partial charge in [-0.25, -0.2) is 0 Å². The lowest BCUT2D eigenvalue weighted by Gasteiger charge is -2.37. The first-order valence-corrected chi connectivity index (χ1v) is 7.03. The van der Waals surface area contributed by atoms with E-state index < -0.39 is 0 Å². The van der Waals surface area contributed by atoms with Crippen molar-refractivity contribution in [3.05, 3.63) is 0 Å². The Balaban J connectivity index is 1.74. The molecule has 1 aliphatic heterocycles. The van der Waals surface area contributed by atoms with Crippen molar-refractivity contribution in [2.75, 3.05) is 13.2 Å². The molecule has 1 N–H and O–H groups in total. The lowest BCUT2D eigenvalue weighted by Crippen LogP contribution is -2.50. The Kier molecular flexibility index (Phi) is 4.26. The van der Waals surface area contributed by atoms with Crippen molar-refractivity contribution in [3.8, 4) is 0 Å². The maximum absolute atomic E-state index is 5.44. The van der Waals surface area contributed by atoms with Crippen molar-refractivity contribution in [3.63, 3.8) is 0 Å². The van der Waals surface area contributed by atoms with E-state index in [2.05, 4.69) is 19.2 Å². The van der Waals surface area contributed by atoms with Gasteiger partial charge in [0.2, 0.25) is 0 Å². The molecule has 0 spiro atoms. The Morgan fingerprint density at radius 3 is 2.50 bits per heavy atom. The third kappa shape index (κ3) is 3.46. The van der Waals surface area contributed by atoms with E-state index in [-0.39, 0.29) is 0 Å². The third-order valence-electron chi connectivity index (χ3n) is 4.35. The molecule has 94 valence electrons. The lowest BCUT2D eigenvalue weighted by atomic mass is 9.90. The van der Waals surface area contributed by atoms with Crippen molar-refractivity contribution >= 4 is 0 Å². The molecule has 1 unspecified atom stereocenters. The second-order valence-electron chi connectivity index (χ2n) is 6.10. The molecule has 1 heterocycles. The highest BCUT2D eigenvalue weighted by atomic mass is 16.5. The molecule has 1 saturated heterocycles. The molecule has 0 bridgehead atoms. The zero-order valence-electron chi connectivity index (χ0n) is 10.9. The summed E-state index contributed by atoms with van der Waals surface area (Å²) in [4.78, 5) is 0. The van der Waals surface area contributed by atoms with E-state index in [9.17, 15) is 0 Å². The van der Waals surface area contributed by atoms with Gasteiger partial charge in [-0.15, -0.1) is 0 Å². The molecule has 2 heteroatoms. The largest absolute Gasteiger partial charge is 0.381 e. The molecule has 0 aromatic carbocycles. The predicted octanol–water partition coefficient (Wildman–Crippen LogP) is 3.11. The van der Waals surface area contributed by atoms with Crippen LogP contribution in [-0.4, -0.2) is 24.8 Å². The van der Waals surface area contributed by atoms with Gasteiger partial charge in [0.05, 0.1) is 0 Å². The molecule has 0 amide bonds. The summed E-state index contributed by atoms with van der Waals surface area (Å²) in [6, 6.07) is 0.672. The minimum absolute atomic E-state index is 0.330. The Bertz CT molecular complexity index is 205. The van der Waals surface area contributed by atoms with E-state index in [4.69, 9.17) is 4.74 Å². The van der Waals surface area contributed by atoms with Crippen molar-refractivity contribution in [1.82, 2.24) is 5.32 Å². The highest BCUT2D eigenvalue weighted by Crippen LogP contribution is 2.29. The van der Waals surface area contributed by atoms with Crippen LogP contribution in [0.4, 0.5) is 0 Å². The fourth-order valence-corrected chi connectivity index (χ4v) is 3.37. The normalized spacial score (nSPS) is 28.1. The van der Waals surface area contributed by atoms with Gasteiger partial charge in [-0.2, -0.15) is 0 Å². The van der Waals surface area contributed by atoms with Crippen LogP contribution in [0.15, 0.2) is 0 Å². The van der Waals surface area contributed by atoms with Crippen molar-refractivity contribution < 1.29 is 4.74 Å². The SMILES string of the molecule is CC(CC1CCCC1)NC1(C)CCOCC1. The highest BCUT2D eigenvalue weighted by Gasteiger charge is 2.29. The van der Waals surface area contributed by atoms with Crippen LogP contribution >= 0.6 is 0 Å². The summed E-state index contributed by atoms with van der Waals surface area (Å²) < 4.78 is 5.44. The summed E-state index contributed by atoms with van der Waals surface area (Å²) in [5, 5.41) is 3.84. The van der Waals surface area contributed by atoms with Crippen molar-refractivity contribution in [2.45, 2.75) is 70.4 Å². The highest BCUT2D eigenvalue weighted by molar-refractivity contribution is 4.88. The lowest BCUT2D eigenvalue weighted by molar-refractivity contribution is 0.0402. The second-order valence-corrected chi connectivity index (χ2v) is 6.10. The molecular weight excluding hydrogens is 198 g/mol. The fourth-order valence-electron chi connectivity index (χ4n) is 3.37. The summed E-state index contributed by atoms with van der Waals surface area (Å²) in [5.74, 6) is 0.992. The van der Waals surface area contributed by atoms with Crippen LogP contribution < -0.4 is 5.32 Å². The summed E-state index contributed by atoms with van der Waals surface area (Å²) in [5.41, 5.74) is 0.330. The number of rotatable bonds is 4. The molecule has 1 atom stereocenters. The summed E-state index contributed by atoms with van der Waals surface area (Å²) >= 11 is 0. The molecule has 1 saturated carbocycles. The maximum Gasteiger partial charge on any atom is 0.0483 e. The fraction of sp³-hybridized carbons (Fsp3) is 1.00. The van der Waals surface area contributed by atoms with Gasteiger partial charge in [0.25, 0.3) is 0 Å². The Morgan fingerprint density at radius 2 is 1.88 bits per heavy atom. The summed E-state index contributed by atoms with van der Waals surface area (Å²) in [7, 11) is 0. The molecule has 2 aliphatic rings. The van der Waals surface area contributed by atoms with Gasteiger partial charge < -0.3 is 10.1 Å². The summed E-state index contributed by atoms with van der Waals surface area (Å²) in [6.07, 6.45) is 9.56. The first-order valence-electron chi connectivity index (χ1n) is 7.03. The van der Waals surface area contributed by atoms with Gasteiger partial charge in [0.1, 0.15) is 0 Å². The summed E-state index contributed by atoms with van der Waals surface area (Å²) in [6.45, 7) is 6.58. The van der Waals surface area contributed by atoms with Gasteiger partial charge in [0, 0.05) is 24.8 Å². The molecule has 0 radical (unpaired) electrons. The first-order chi connectivity index (χ1) is 7.68. The standard InChI is InChI=1S/C14H27NO/c1-12(11-13-5-3-4-6-13)15-14(2)7-9-16-10-8-14/h12-13,15H,3-11H2,1-2H3. The monoisotopic (exact) mass is 225 g/mol. The molecule has 0 aromatic rings. The van der Waals surface area contributed by atoms with E-state index >= 15 is 0 Å². The van der Waals surface area contributed by atoms with Crippen molar-refractivity contribution in [2.24, 2.45) is 5.92 Å². The Morgan fingerprint density at radius 1 is 1.25 bits per heavy atom. The smallest absolute Gasteiger partial charge is 0.0483 e. The quantitative estimate of drug-likeness (QED) is 0.794. The van der Waals surface area contributed by atoms with Crippen LogP contribution in [0.5, 0.6) is 0 Å². The minimum Gasteiger partial charge on any atom is -0.381 e. The number of hydrogen-bond acceptors (Lipinski definition) is 2. The van der Waals surface area contributed by atoms with Gasteiger partial charge in [-0.1, -0.05) is 25.7 Å². The van der Waals surface area contributed by atoms with Crippen LogP contribution in [0.25, 0.3) is 0 Å². The zero-order chi connectivity index (χ0) is 11.4. The van der Waals surface area contributed by atoms with Gasteiger partial charge in [-0.3, -0.25) is 0 Å². The third-order valence-corrected chi connectivity index (χ3v) is 4.35. The van der Waals surface area contributed by atoms with E-state index in [0.717, 1.165) is 19.1 Å². The van der Waals surface area contributed by atoms with Gasteiger partial charge in [-0.05, 0) is 39.0 Å². The number of ether oxygens (including phenoxy) is 1. The molecule has 0 aromatic heterocycles. The second kappa shape index (κ2) is 5.50. The average molecular weight is 225 g/mol. The Labute approximate surface area is 100 Å². The molecule has 16 heavy (non-hydrogen) atoms. The van der Waals surface area contributed by atoms with E-state index in [0.29, 0.717) is 11.6 Å². The van der Waals surface area contributed by atoms with Crippen LogP contribution in [0.3, 0.4) is 0 Å². The molecule has 2 fully saturated rings. The van der Waals surface area contributed by atoms with E-state index in [1.165, 1.54) is 44.9 Å². The van der Waals surface area contributed by atoms with Crippen LogP contribution in [-0.2, 0) is 4.74 Å². The molecule has 2 nitrogen and oxygen atoms in total. The predicted molar refractivity (Wildman–Crippen MR) is 67.6 cm³/mol. The van der Waals surface area contributed by atoms with Crippen LogP contribution in [0.1, 0.15) is 58.8 Å².